The van der Waals surface area contributed by atoms with Crippen molar-refractivity contribution in [3.8, 4) is 6.07 Å². The number of hydrazone groups is 1. The van der Waals surface area contributed by atoms with Crippen LogP contribution in [0.15, 0.2) is 27.7 Å². The lowest BCUT2D eigenvalue weighted by Crippen LogP contribution is -2.21. The van der Waals surface area contributed by atoms with Crippen LogP contribution in [0.2, 0.25) is 0 Å². The van der Waals surface area contributed by atoms with Gasteiger partial charge in [0.15, 0.2) is 17.3 Å². The molecule has 0 unspecified atom stereocenters. The summed E-state index contributed by atoms with van der Waals surface area (Å²) in [5.74, 6) is 0.336. The molecule has 0 fully saturated rings. The number of benzene rings is 1. The van der Waals surface area contributed by atoms with Crippen molar-refractivity contribution in [3.63, 3.8) is 0 Å². The van der Waals surface area contributed by atoms with Crippen LogP contribution in [-0.4, -0.2) is 16.5 Å². The van der Waals surface area contributed by atoms with Crippen molar-refractivity contribution in [2.75, 3.05) is 5.43 Å². The van der Waals surface area contributed by atoms with E-state index in [1.807, 2.05) is 0 Å². The molecular weight excluding hydrogens is 268 g/mol. The van der Waals surface area contributed by atoms with Crippen molar-refractivity contribution in [3.05, 3.63) is 24.1 Å². The summed E-state index contributed by atoms with van der Waals surface area (Å²) < 4.78 is 5.63. The summed E-state index contributed by atoms with van der Waals surface area (Å²) in [7, 11) is 0. The van der Waals surface area contributed by atoms with Gasteiger partial charge in [0, 0.05) is 6.42 Å². The Morgan fingerprint density at radius 1 is 1.57 bits per heavy atom. The summed E-state index contributed by atoms with van der Waals surface area (Å²) >= 11 is 0. The molecule has 2 rings (SSSR count). The van der Waals surface area contributed by atoms with Gasteiger partial charge in [0.25, 0.3) is 0 Å². The molecular formula is C14H16N6O. The number of amidine groups is 1. The van der Waals surface area contributed by atoms with E-state index in [-0.39, 0.29) is 11.5 Å². The molecule has 0 saturated carbocycles. The minimum atomic E-state index is -0.380. The Morgan fingerprint density at radius 3 is 3.05 bits per heavy atom. The number of nitrogens with zero attached hydrogens (tertiary/aromatic N) is 3. The Kier molecular flexibility index (Phi) is 4.51. The van der Waals surface area contributed by atoms with Crippen molar-refractivity contribution in [1.29, 1.82) is 10.7 Å². The largest absolute Gasteiger partial charge is 0.441 e. The van der Waals surface area contributed by atoms with Gasteiger partial charge < -0.3 is 10.2 Å². The lowest BCUT2D eigenvalue weighted by atomic mass is 10.2. The second kappa shape index (κ2) is 6.52. The molecule has 1 aromatic heterocycles. The van der Waals surface area contributed by atoms with Gasteiger partial charge in [-0.15, -0.1) is 0 Å². The number of unbranched alkanes of at least 4 members (excludes halogenated alkanes) is 1. The maximum absolute atomic E-state index is 8.76. The van der Waals surface area contributed by atoms with Crippen molar-refractivity contribution in [2.45, 2.75) is 26.2 Å². The van der Waals surface area contributed by atoms with Crippen LogP contribution in [-0.2, 0) is 6.42 Å². The van der Waals surface area contributed by atoms with Crippen molar-refractivity contribution >= 4 is 28.3 Å². The quantitative estimate of drug-likeness (QED) is 0.427. The van der Waals surface area contributed by atoms with E-state index >= 15 is 0 Å². The Balaban J connectivity index is 2.19. The third-order valence-electron chi connectivity index (χ3n) is 2.83. The van der Waals surface area contributed by atoms with E-state index in [4.69, 9.17) is 20.8 Å². The van der Waals surface area contributed by atoms with E-state index in [9.17, 15) is 0 Å². The molecule has 21 heavy (non-hydrogen) atoms. The molecule has 0 spiro atoms. The highest BCUT2D eigenvalue weighted by Crippen LogP contribution is 2.21. The monoisotopic (exact) mass is 284 g/mol. The minimum absolute atomic E-state index is 0.168. The number of fused-ring (bicyclic) bond motifs is 1. The topological polar surface area (TPSA) is 124 Å². The van der Waals surface area contributed by atoms with Gasteiger partial charge in [0.2, 0.25) is 5.71 Å². The zero-order valence-electron chi connectivity index (χ0n) is 11.7. The first-order valence-corrected chi connectivity index (χ1v) is 6.61. The molecule has 0 aliphatic carbocycles. The normalized spacial score (nSPS) is 11.3. The maximum atomic E-state index is 8.76. The van der Waals surface area contributed by atoms with Crippen LogP contribution in [0.3, 0.4) is 0 Å². The Labute approximate surface area is 122 Å². The molecule has 7 heteroatoms. The van der Waals surface area contributed by atoms with Crippen LogP contribution in [0.5, 0.6) is 0 Å². The van der Waals surface area contributed by atoms with Crippen molar-refractivity contribution in [2.24, 2.45) is 10.8 Å². The summed E-state index contributed by atoms with van der Waals surface area (Å²) in [4.78, 5) is 4.41. The molecule has 0 aliphatic rings. The van der Waals surface area contributed by atoms with E-state index in [2.05, 4.69) is 22.4 Å². The Bertz CT molecular complexity index is 725. The molecule has 0 atom stereocenters. The van der Waals surface area contributed by atoms with Crippen molar-refractivity contribution < 1.29 is 4.42 Å². The van der Waals surface area contributed by atoms with E-state index in [0.717, 1.165) is 24.8 Å². The fourth-order valence-corrected chi connectivity index (χ4v) is 1.75. The first-order chi connectivity index (χ1) is 10.1. The SMILES string of the molecule is CCCCc1nc2cc(N/N=C(\C#N)C(=N)N)ccc2o1. The Morgan fingerprint density at radius 2 is 2.38 bits per heavy atom. The smallest absolute Gasteiger partial charge is 0.201 e. The molecule has 108 valence electrons. The fraction of sp³-hybridized carbons (Fsp3) is 0.286. The van der Waals surface area contributed by atoms with Gasteiger partial charge in [0.05, 0.1) is 5.69 Å². The molecule has 0 amide bonds. The molecule has 4 N–H and O–H groups in total. The molecule has 0 radical (unpaired) electrons. The van der Waals surface area contributed by atoms with Crippen LogP contribution in [0, 0.1) is 16.7 Å². The number of anilines is 1. The van der Waals surface area contributed by atoms with Gasteiger partial charge in [-0.05, 0) is 24.6 Å². The van der Waals surface area contributed by atoms with Crippen LogP contribution < -0.4 is 11.2 Å². The molecule has 1 aromatic carbocycles. The predicted octanol–water partition coefficient (Wildman–Crippen LogP) is 2.40. The second-order valence-corrected chi connectivity index (χ2v) is 4.49. The van der Waals surface area contributed by atoms with Gasteiger partial charge in [-0.25, -0.2) is 4.98 Å². The summed E-state index contributed by atoms with van der Waals surface area (Å²) in [6.45, 7) is 2.12. The van der Waals surface area contributed by atoms with E-state index < -0.39 is 0 Å². The Hall–Kier alpha value is -2.88. The number of hydrogen-bond donors (Lipinski definition) is 3. The zero-order chi connectivity index (χ0) is 15.2. The van der Waals surface area contributed by atoms with Gasteiger partial charge in [-0.3, -0.25) is 10.8 Å². The van der Waals surface area contributed by atoms with Crippen LogP contribution >= 0.6 is 0 Å². The lowest BCUT2D eigenvalue weighted by Gasteiger charge is -2.00. The van der Waals surface area contributed by atoms with E-state index in [1.54, 1.807) is 24.3 Å². The van der Waals surface area contributed by atoms with Gasteiger partial charge in [0.1, 0.15) is 11.6 Å². The fourth-order valence-electron chi connectivity index (χ4n) is 1.75. The number of aromatic nitrogens is 1. The first kappa shape index (κ1) is 14.5. The lowest BCUT2D eigenvalue weighted by molar-refractivity contribution is 0.517. The first-order valence-electron chi connectivity index (χ1n) is 6.61. The number of hydrogen-bond acceptors (Lipinski definition) is 6. The average Bonchev–Trinajstić information content (AvgIpc) is 2.87. The molecule has 2 aromatic rings. The van der Waals surface area contributed by atoms with E-state index in [0.29, 0.717) is 17.2 Å². The zero-order valence-corrected chi connectivity index (χ0v) is 11.7. The number of rotatable bonds is 6. The van der Waals surface area contributed by atoms with Crippen LogP contribution in [0.4, 0.5) is 5.69 Å². The van der Waals surface area contributed by atoms with Gasteiger partial charge >= 0.3 is 0 Å². The highest BCUT2D eigenvalue weighted by molar-refractivity contribution is 6.45. The minimum Gasteiger partial charge on any atom is -0.441 e. The molecule has 0 bridgehead atoms. The molecule has 0 saturated heterocycles. The standard InChI is InChI=1S/C14H16N6O/c1-2-3-4-13-18-10-7-9(5-6-12(10)21-13)19-20-11(8-15)14(16)17/h5-7,19H,2-4H2,1H3,(H3,16,17)/b20-11+. The maximum Gasteiger partial charge on any atom is 0.201 e. The summed E-state index contributed by atoms with van der Waals surface area (Å²) in [5, 5.41) is 19.7. The molecule has 0 aliphatic heterocycles. The number of nitriles is 1. The number of oxazole rings is 1. The van der Waals surface area contributed by atoms with Crippen molar-refractivity contribution in [1.82, 2.24) is 4.98 Å². The van der Waals surface area contributed by atoms with Gasteiger partial charge in [-0.2, -0.15) is 10.4 Å². The van der Waals surface area contributed by atoms with Gasteiger partial charge in [-0.1, -0.05) is 13.3 Å². The average molecular weight is 284 g/mol. The number of nitrogens with two attached hydrogens (primary N) is 1. The third kappa shape index (κ3) is 3.57. The number of aryl methyl sites for hydroxylation is 1. The third-order valence-corrected chi connectivity index (χ3v) is 2.83. The summed E-state index contributed by atoms with van der Waals surface area (Å²) in [6, 6.07) is 7.06. The van der Waals surface area contributed by atoms with Crippen LogP contribution in [0.1, 0.15) is 25.7 Å². The molecule has 7 nitrogen and oxygen atoms in total. The summed E-state index contributed by atoms with van der Waals surface area (Å²) in [6.07, 6.45) is 2.93. The predicted molar refractivity (Wildman–Crippen MR) is 81.2 cm³/mol. The highest BCUT2D eigenvalue weighted by Gasteiger charge is 2.06. The number of nitrogens with one attached hydrogen (secondary N) is 2. The highest BCUT2D eigenvalue weighted by atomic mass is 16.3. The second-order valence-electron chi connectivity index (χ2n) is 4.49. The van der Waals surface area contributed by atoms with E-state index in [1.165, 1.54) is 0 Å². The molecule has 1 heterocycles. The summed E-state index contributed by atoms with van der Waals surface area (Å²) in [5.41, 5.74) is 9.81. The van der Waals surface area contributed by atoms with Crippen LogP contribution in [0.25, 0.3) is 11.1 Å².